The fourth-order valence-electron chi connectivity index (χ4n) is 3.75. The van der Waals surface area contributed by atoms with Gasteiger partial charge in [0.05, 0.1) is 13.7 Å². The van der Waals surface area contributed by atoms with E-state index >= 15 is 0 Å². The Morgan fingerprint density at radius 3 is 1.40 bits per heavy atom. The summed E-state index contributed by atoms with van der Waals surface area (Å²) in [7, 11) is -2.96. The second kappa shape index (κ2) is 6.93. The second-order valence-electron chi connectivity index (χ2n) is 8.62. The Morgan fingerprint density at radius 2 is 1.15 bits per heavy atom. The minimum Gasteiger partial charge on any atom is -0.409 e. The lowest BCUT2D eigenvalue weighted by Gasteiger charge is -2.42. The van der Waals surface area contributed by atoms with Gasteiger partial charge in [0.15, 0.2) is 8.32 Å². The van der Waals surface area contributed by atoms with Crippen molar-refractivity contribution in [2.45, 2.75) is 97.3 Å². The van der Waals surface area contributed by atoms with Gasteiger partial charge in [0.1, 0.15) is 0 Å². The molecule has 0 fully saturated rings. The molecule has 0 aromatic rings. The van der Waals surface area contributed by atoms with Gasteiger partial charge >= 0.3 is 0 Å². The molecule has 0 amide bonds. The van der Waals surface area contributed by atoms with Gasteiger partial charge in [-0.15, -0.1) is 0 Å². The van der Waals surface area contributed by atoms with Gasteiger partial charge in [-0.2, -0.15) is 0 Å². The maximum atomic E-state index is 6.33. The van der Waals surface area contributed by atoms with Crippen LogP contribution in [0.1, 0.15) is 55.4 Å². The number of hydrogen-bond donors (Lipinski definition) is 0. The molecule has 0 saturated heterocycles. The zero-order valence-electron chi connectivity index (χ0n) is 15.8. The standard InChI is InChI=1S/C17H38OSi2/c1-14(2)20(15(3)4,16(5)6)13-12-17(7,8)18-19(9,10)11/h12-16H,1-11H3/b13-12+. The first kappa shape index (κ1) is 20.1. The average molecular weight is 315 g/mol. The van der Waals surface area contributed by atoms with Crippen LogP contribution >= 0.6 is 0 Å². The highest BCUT2D eigenvalue weighted by Crippen LogP contribution is 2.42. The highest BCUT2D eigenvalue weighted by atomic mass is 28.4. The van der Waals surface area contributed by atoms with Crippen LogP contribution < -0.4 is 0 Å². The third-order valence-electron chi connectivity index (χ3n) is 4.34. The van der Waals surface area contributed by atoms with Gasteiger partial charge < -0.3 is 4.43 Å². The first-order valence-corrected chi connectivity index (χ1v) is 13.9. The van der Waals surface area contributed by atoms with Crippen molar-refractivity contribution in [1.82, 2.24) is 0 Å². The summed E-state index contributed by atoms with van der Waals surface area (Å²) in [6.07, 6.45) is 2.37. The molecular formula is C17H38OSi2. The van der Waals surface area contributed by atoms with Crippen LogP contribution in [0.5, 0.6) is 0 Å². The first-order chi connectivity index (χ1) is 8.74. The summed E-state index contributed by atoms with van der Waals surface area (Å²) in [4.78, 5) is 0. The molecule has 0 bridgehead atoms. The summed E-state index contributed by atoms with van der Waals surface area (Å²) in [6.45, 7) is 25.6. The normalized spacial score (nSPS) is 15.1. The molecule has 0 rings (SSSR count). The van der Waals surface area contributed by atoms with Crippen LogP contribution in [-0.2, 0) is 4.43 Å². The number of rotatable bonds is 7. The Balaban J connectivity index is 5.42. The van der Waals surface area contributed by atoms with Crippen LogP contribution in [0, 0.1) is 0 Å². The molecule has 20 heavy (non-hydrogen) atoms. The van der Waals surface area contributed by atoms with Crippen LogP contribution in [0.2, 0.25) is 36.3 Å². The molecule has 0 radical (unpaired) electrons. The minimum absolute atomic E-state index is 0.138. The monoisotopic (exact) mass is 314 g/mol. The Bertz CT molecular complexity index is 301. The molecule has 0 aliphatic carbocycles. The highest BCUT2D eigenvalue weighted by molar-refractivity contribution is 6.88. The van der Waals surface area contributed by atoms with E-state index in [-0.39, 0.29) is 5.60 Å². The highest BCUT2D eigenvalue weighted by Gasteiger charge is 2.40. The van der Waals surface area contributed by atoms with Gasteiger partial charge in [-0.1, -0.05) is 53.3 Å². The zero-order valence-corrected chi connectivity index (χ0v) is 17.8. The zero-order chi connectivity index (χ0) is 16.4. The Kier molecular flexibility index (Phi) is 6.98. The van der Waals surface area contributed by atoms with Crippen molar-refractivity contribution in [3.63, 3.8) is 0 Å². The summed E-state index contributed by atoms with van der Waals surface area (Å²) in [5, 5.41) is 0. The molecule has 0 aliphatic rings. The summed E-state index contributed by atoms with van der Waals surface area (Å²) in [5.41, 5.74) is 4.75. The molecule has 0 unspecified atom stereocenters. The smallest absolute Gasteiger partial charge is 0.184 e. The van der Waals surface area contributed by atoms with Gasteiger partial charge in [-0.25, -0.2) is 0 Å². The molecule has 0 heterocycles. The summed E-state index contributed by atoms with van der Waals surface area (Å²) >= 11 is 0. The van der Waals surface area contributed by atoms with Crippen LogP contribution in [-0.4, -0.2) is 22.0 Å². The molecule has 0 aliphatic heterocycles. The van der Waals surface area contributed by atoms with Gasteiger partial charge in [-0.05, 0) is 50.1 Å². The molecular weight excluding hydrogens is 276 g/mol. The lowest BCUT2D eigenvalue weighted by molar-refractivity contribution is 0.154. The van der Waals surface area contributed by atoms with Crippen LogP contribution in [0.3, 0.4) is 0 Å². The van der Waals surface area contributed by atoms with Crippen molar-refractivity contribution in [2.75, 3.05) is 0 Å². The number of hydrogen-bond acceptors (Lipinski definition) is 1. The van der Waals surface area contributed by atoms with Gasteiger partial charge in [0.25, 0.3) is 0 Å². The molecule has 1 nitrogen and oxygen atoms in total. The summed E-state index contributed by atoms with van der Waals surface area (Å²) in [5.74, 6) is 0. The maximum Gasteiger partial charge on any atom is 0.184 e. The molecule has 0 atom stereocenters. The predicted octanol–water partition coefficient (Wildman–Crippen LogP) is 6.39. The fourth-order valence-corrected chi connectivity index (χ4v) is 11.2. The molecule has 120 valence electrons. The van der Waals surface area contributed by atoms with E-state index in [4.69, 9.17) is 4.43 Å². The molecule has 0 aromatic heterocycles. The van der Waals surface area contributed by atoms with Crippen LogP contribution in [0.4, 0.5) is 0 Å². The third kappa shape index (κ3) is 5.49. The minimum atomic E-state index is -1.51. The van der Waals surface area contributed by atoms with E-state index in [9.17, 15) is 0 Å². The third-order valence-corrected chi connectivity index (χ3v) is 12.2. The first-order valence-electron chi connectivity index (χ1n) is 8.15. The average Bonchev–Trinajstić information content (AvgIpc) is 2.11. The van der Waals surface area contributed by atoms with Gasteiger partial charge in [0, 0.05) is 0 Å². The van der Waals surface area contributed by atoms with Crippen molar-refractivity contribution in [1.29, 1.82) is 0 Å². The molecule has 0 aromatic carbocycles. The lowest BCUT2D eigenvalue weighted by Crippen LogP contribution is -2.44. The SMILES string of the molecule is CC(C)[Si](/C=C/C(C)(C)O[Si](C)(C)C)(C(C)C)C(C)C. The maximum absolute atomic E-state index is 6.33. The van der Waals surface area contributed by atoms with Gasteiger partial charge in [0.2, 0.25) is 0 Å². The van der Waals surface area contributed by atoms with Crippen molar-refractivity contribution in [2.24, 2.45) is 0 Å². The molecule has 0 N–H and O–H groups in total. The van der Waals surface area contributed by atoms with Crippen molar-refractivity contribution in [3.8, 4) is 0 Å². The topological polar surface area (TPSA) is 9.23 Å². The van der Waals surface area contributed by atoms with Crippen molar-refractivity contribution < 1.29 is 4.43 Å². The molecule has 3 heteroatoms. The summed E-state index contributed by atoms with van der Waals surface area (Å²) in [6, 6.07) is 0. The Hall–Kier alpha value is 0.134. The fraction of sp³-hybridized carbons (Fsp3) is 0.882. The van der Waals surface area contributed by atoms with Gasteiger partial charge in [-0.3, -0.25) is 0 Å². The quantitative estimate of drug-likeness (QED) is 0.495. The molecule has 0 saturated carbocycles. The van der Waals surface area contributed by atoms with E-state index in [1.807, 2.05) is 0 Å². The predicted molar refractivity (Wildman–Crippen MR) is 98.7 cm³/mol. The van der Waals surface area contributed by atoms with Crippen LogP contribution in [0.25, 0.3) is 0 Å². The van der Waals surface area contributed by atoms with Crippen molar-refractivity contribution in [3.05, 3.63) is 11.8 Å². The summed E-state index contributed by atoms with van der Waals surface area (Å²) < 4.78 is 6.33. The van der Waals surface area contributed by atoms with E-state index in [0.29, 0.717) is 0 Å². The Labute approximate surface area is 130 Å². The van der Waals surface area contributed by atoms with Crippen molar-refractivity contribution >= 4 is 16.4 Å². The largest absolute Gasteiger partial charge is 0.409 e. The van der Waals surface area contributed by atoms with E-state index in [0.717, 1.165) is 16.6 Å². The van der Waals surface area contributed by atoms with Crippen LogP contribution in [0.15, 0.2) is 11.8 Å². The van der Waals surface area contributed by atoms with E-state index in [2.05, 4.69) is 86.8 Å². The molecule has 0 spiro atoms. The second-order valence-corrected chi connectivity index (χ2v) is 18.8. The lowest BCUT2D eigenvalue weighted by atomic mass is 10.1. The van der Waals surface area contributed by atoms with E-state index in [1.165, 1.54) is 0 Å². The Morgan fingerprint density at radius 1 is 0.800 bits per heavy atom. The van der Waals surface area contributed by atoms with E-state index in [1.54, 1.807) is 0 Å². The van der Waals surface area contributed by atoms with E-state index < -0.39 is 16.4 Å².